The molecule has 13 heavy (non-hydrogen) atoms. The zero-order chi connectivity index (χ0) is 10.2. The third-order valence-electron chi connectivity index (χ3n) is 1.83. The summed E-state index contributed by atoms with van der Waals surface area (Å²) in [6.45, 7) is 1.40. The minimum absolute atomic E-state index is 0.306. The molecule has 0 aliphatic carbocycles. The molecule has 0 saturated carbocycles. The second-order valence-electron chi connectivity index (χ2n) is 2.61. The number of nitrogens with zero attached hydrogens (tertiary/aromatic N) is 1. The summed E-state index contributed by atoms with van der Waals surface area (Å²) in [6, 6.07) is -1.60. The van der Waals surface area contributed by atoms with E-state index in [1.54, 1.807) is 0 Å². The normalized spacial score (nSPS) is 28.2. The topological polar surface area (TPSA) is 104 Å². The summed E-state index contributed by atoms with van der Waals surface area (Å²) >= 11 is 0. The Morgan fingerprint density at radius 1 is 1.62 bits per heavy atom. The highest BCUT2D eigenvalue weighted by Crippen LogP contribution is 2.22. The Morgan fingerprint density at radius 2 is 2.15 bits per heavy atom. The third-order valence-corrected chi connectivity index (χ3v) is 2.84. The van der Waals surface area contributed by atoms with Crippen molar-refractivity contribution in [3.63, 3.8) is 0 Å². The quantitative estimate of drug-likeness (QED) is 0.321. The van der Waals surface area contributed by atoms with Crippen LogP contribution in [0.1, 0.15) is 6.92 Å². The van der Waals surface area contributed by atoms with E-state index in [1.807, 2.05) is 0 Å². The zero-order valence-corrected chi connectivity index (χ0v) is 7.48. The second-order valence-corrected chi connectivity index (χ2v) is 3.90. The van der Waals surface area contributed by atoms with E-state index in [-0.39, 0.29) is 0 Å². The van der Waals surface area contributed by atoms with Crippen LogP contribution in [0.4, 0.5) is 0 Å². The van der Waals surface area contributed by atoms with Crippen molar-refractivity contribution in [2.45, 2.75) is 19.0 Å². The van der Waals surface area contributed by atoms with Gasteiger partial charge in [-0.25, -0.2) is 4.31 Å². The van der Waals surface area contributed by atoms with Crippen LogP contribution in [0.25, 0.3) is 0 Å². The van der Waals surface area contributed by atoms with Crippen LogP contribution in [0.2, 0.25) is 0 Å². The first kappa shape index (κ1) is 9.93. The summed E-state index contributed by atoms with van der Waals surface area (Å²) in [4.78, 5) is 20.9. The average Bonchev–Trinajstić information content (AvgIpc) is 1.98. The molecule has 2 N–H and O–H groups in total. The Morgan fingerprint density at radius 3 is 2.46 bits per heavy atom. The van der Waals surface area contributed by atoms with Gasteiger partial charge in [-0.3, -0.25) is 14.1 Å². The summed E-state index contributed by atoms with van der Waals surface area (Å²) in [5.41, 5.74) is 0. The number of carbonyl (C=O) groups excluding carboxylic acids is 2. The van der Waals surface area contributed by atoms with Crippen molar-refractivity contribution in [2.75, 3.05) is 0 Å². The highest BCUT2D eigenvalue weighted by Gasteiger charge is 2.50. The van der Waals surface area contributed by atoms with Gasteiger partial charge in [-0.15, -0.1) is 0 Å². The van der Waals surface area contributed by atoms with E-state index in [1.165, 1.54) is 6.92 Å². The van der Waals surface area contributed by atoms with E-state index in [2.05, 4.69) is 5.32 Å². The van der Waals surface area contributed by atoms with Crippen molar-refractivity contribution in [2.24, 2.45) is 0 Å². The van der Waals surface area contributed by atoms with E-state index < -0.39 is 28.3 Å². The molecule has 7 nitrogen and oxygen atoms in total. The number of hydrogen-bond donors (Lipinski definition) is 2. The van der Waals surface area contributed by atoms with Gasteiger partial charge >= 0.3 is 10.3 Å². The lowest BCUT2D eigenvalue weighted by atomic mass is 10.0. The third kappa shape index (κ3) is 1.49. The SMILES string of the molecule is C[C@H]1[C@H](NC=O)C(=O)N1S(=O)(=O)O. The Hall–Kier alpha value is -1.15. The Kier molecular flexibility index (Phi) is 2.26. The predicted molar refractivity (Wildman–Crippen MR) is 40.8 cm³/mol. The van der Waals surface area contributed by atoms with Crippen LogP contribution in [0, 0.1) is 0 Å². The van der Waals surface area contributed by atoms with Gasteiger partial charge in [-0.1, -0.05) is 0 Å². The number of amides is 2. The first-order chi connectivity index (χ1) is 5.89. The van der Waals surface area contributed by atoms with Crippen molar-refractivity contribution in [3.8, 4) is 0 Å². The first-order valence-corrected chi connectivity index (χ1v) is 4.79. The average molecular weight is 208 g/mol. The zero-order valence-electron chi connectivity index (χ0n) is 6.67. The maximum Gasteiger partial charge on any atom is 0.362 e. The van der Waals surface area contributed by atoms with Gasteiger partial charge < -0.3 is 5.32 Å². The predicted octanol–water partition coefficient (Wildman–Crippen LogP) is -1.87. The molecular weight excluding hydrogens is 200 g/mol. The van der Waals surface area contributed by atoms with Crippen molar-refractivity contribution in [3.05, 3.63) is 0 Å². The maximum absolute atomic E-state index is 11.0. The summed E-state index contributed by atoms with van der Waals surface area (Å²) in [6.07, 6.45) is 0.306. The van der Waals surface area contributed by atoms with Crippen LogP contribution in [-0.2, 0) is 19.9 Å². The lowest BCUT2D eigenvalue weighted by Crippen LogP contribution is -2.69. The molecule has 0 bridgehead atoms. The number of rotatable bonds is 3. The molecule has 2 amide bonds. The molecule has 0 radical (unpaired) electrons. The molecule has 74 valence electrons. The number of carbonyl (C=O) groups is 2. The highest BCUT2D eigenvalue weighted by atomic mass is 32.2. The van der Waals surface area contributed by atoms with Gasteiger partial charge in [0, 0.05) is 0 Å². The van der Waals surface area contributed by atoms with E-state index in [0.29, 0.717) is 10.7 Å². The fourth-order valence-electron chi connectivity index (χ4n) is 1.21. The minimum atomic E-state index is -4.49. The monoisotopic (exact) mass is 208 g/mol. The van der Waals surface area contributed by atoms with Crippen molar-refractivity contribution in [1.82, 2.24) is 9.62 Å². The molecule has 0 aromatic heterocycles. The molecule has 0 spiro atoms. The molecule has 1 aliphatic rings. The van der Waals surface area contributed by atoms with Crippen molar-refractivity contribution < 1.29 is 22.6 Å². The Labute approximate surface area is 74.6 Å². The van der Waals surface area contributed by atoms with Crippen LogP contribution >= 0.6 is 0 Å². The number of nitrogens with one attached hydrogen (secondary N) is 1. The lowest BCUT2D eigenvalue weighted by Gasteiger charge is -2.41. The fraction of sp³-hybridized carbons (Fsp3) is 0.600. The van der Waals surface area contributed by atoms with Gasteiger partial charge in [-0.05, 0) is 6.92 Å². The summed E-state index contributed by atoms with van der Waals surface area (Å²) in [5.74, 6) is -0.831. The van der Waals surface area contributed by atoms with Crippen LogP contribution in [-0.4, -0.2) is 41.7 Å². The molecule has 0 unspecified atom stereocenters. The Bertz CT molecular complexity index is 337. The maximum atomic E-state index is 11.0. The minimum Gasteiger partial charge on any atom is -0.345 e. The van der Waals surface area contributed by atoms with E-state index >= 15 is 0 Å². The molecule has 1 aliphatic heterocycles. The number of hydrogen-bond acceptors (Lipinski definition) is 4. The largest absolute Gasteiger partial charge is 0.362 e. The molecular formula is C5H8N2O5S. The van der Waals surface area contributed by atoms with Gasteiger partial charge in [0.15, 0.2) is 0 Å². The molecule has 1 heterocycles. The molecule has 8 heteroatoms. The number of β-lactam (4-membered cyclic amide) rings is 1. The van der Waals surface area contributed by atoms with Gasteiger partial charge in [0.1, 0.15) is 6.04 Å². The van der Waals surface area contributed by atoms with Crippen LogP contribution in [0.5, 0.6) is 0 Å². The van der Waals surface area contributed by atoms with Crippen molar-refractivity contribution in [1.29, 1.82) is 0 Å². The summed E-state index contributed by atoms with van der Waals surface area (Å²) in [5, 5.41) is 2.14. The summed E-state index contributed by atoms with van der Waals surface area (Å²) in [7, 11) is -4.49. The van der Waals surface area contributed by atoms with Gasteiger partial charge in [0.05, 0.1) is 6.04 Å². The van der Waals surface area contributed by atoms with Gasteiger partial charge in [-0.2, -0.15) is 8.42 Å². The molecule has 0 aromatic rings. The van der Waals surface area contributed by atoms with Crippen molar-refractivity contribution >= 4 is 22.6 Å². The van der Waals surface area contributed by atoms with E-state index in [9.17, 15) is 18.0 Å². The van der Waals surface area contributed by atoms with E-state index in [0.717, 1.165) is 0 Å². The second kappa shape index (κ2) is 2.96. The van der Waals surface area contributed by atoms with E-state index in [4.69, 9.17) is 4.55 Å². The molecule has 1 fully saturated rings. The van der Waals surface area contributed by atoms with Gasteiger partial charge in [0.25, 0.3) is 5.91 Å². The van der Waals surface area contributed by atoms with Crippen LogP contribution in [0.15, 0.2) is 0 Å². The lowest BCUT2D eigenvalue weighted by molar-refractivity contribution is -0.143. The molecule has 2 atom stereocenters. The van der Waals surface area contributed by atoms with Gasteiger partial charge in [0.2, 0.25) is 6.41 Å². The van der Waals surface area contributed by atoms with Crippen LogP contribution < -0.4 is 5.32 Å². The van der Waals surface area contributed by atoms with Crippen LogP contribution in [0.3, 0.4) is 0 Å². The standard InChI is InChI=1S/C5H8N2O5S/c1-3-4(6-2-8)5(9)7(3)13(10,11)12/h2-4H,1H3,(H,6,8)(H,10,11,12)/t3-,4-/m0/s1. The molecule has 1 saturated heterocycles. The first-order valence-electron chi connectivity index (χ1n) is 3.40. The summed E-state index contributed by atoms with van der Waals surface area (Å²) < 4.78 is 29.9. The molecule has 0 aromatic carbocycles. The Balaban J connectivity index is 2.79. The molecule has 1 rings (SSSR count). The highest BCUT2D eigenvalue weighted by molar-refractivity contribution is 7.84. The smallest absolute Gasteiger partial charge is 0.345 e. The fourth-order valence-corrected chi connectivity index (χ4v) is 2.09.